The van der Waals surface area contributed by atoms with Gasteiger partial charge in [0.25, 0.3) is 0 Å². The van der Waals surface area contributed by atoms with Gasteiger partial charge in [0.05, 0.1) is 17.3 Å². The molecule has 244 valence electrons. The van der Waals surface area contributed by atoms with Crippen LogP contribution in [-0.2, 0) is 28.9 Å². The Bertz CT molecular complexity index is 1890. The molecule has 12 nitrogen and oxygen atoms in total. The Hall–Kier alpha value is -4.36. The summed E-state index contributed by atoms with van der Waals surface area (Å²) in [6.45, 7) is 6.27. The molecule has 2 aliphatic heterocycles. The molecule has 0 radical (unpaired) electrons. The number of piperazine rings is 1. The average molecular weight is 678 g/mol. The van der Waals surface area contributed by atoms with Crippen LogP contribution in [0.25, 0.3) is 5.69 Å². The summed E-state index contributed by atoms with van der Waals surface area (Å²) in [6.07, 6.45) is 2.74. The molecule has 14 heteroatoms. The van der Waals surface area contributed by atoms with Crippen LogP contribution in [0.1, 0.15) is 11.4 Å². The normalized spacial score (nSPS) is 19.8. The van der Waals surface area contributed by atoms with Gasteiger partial charge in [-0.1, -0.05) is 29.3 Å². The molecular weight excluding hydrogens is 643 g/mol. The van der Waals surface area contributed by atoms with Crippen molar-refractivity contribution in [2.75, 3.05) is 49.2 Å². The van der Waals surface area contributed by atoms with E-state index in [1.54, 1.807) is 34.8 Å². The Morgan fingerprint density at radius 3 is 2.19 bits per heavy atom. The highest BCUT2D eigenvalue weighted by Gasteiger charge is 2.45. The standard InChI is InChI=1S/C33H34Cl2N8O4/c1-23-38-39(2)32(44)43(23)27-6-4-25(5-7-27)40-13-15-41(16-14-40)26-8-10-28(11-9-26)45-18-29-19-46-33(47-29,20-42-22-36-21-37-42)30-12-3-24(34)17-31(30)35/h3-12,17,21-22,29H,13-16,18-20H2,1-2H3/t29-,33-/m1/s1. The number of ether oxygens (including phenoxy) is 3. The Morgan fingerprint density at radius 1 is 0.936 bits per heavy atom. The first kappa shape index (κ1) is 31.3. The van der Waals surface area contributed by atoms with Crippen LogP contribution in [0, 0.1) is 6.92 Å². The summed E-state index contributed by atoms with van der Waals surface area (Å²) >= 11 is 12.7. The lowest BCUT2D eigenvalue weighted by molar-refractivity contribution is -0.190. The number of anilines is 2. The Balaban J connectivity index is 0.936. The molecule has 2 atom stereocenters. The maximum absolute atomic E-state index is 12.4. The molecule has 0 N–H and O–H groups in total. The molecule has 0 spiro atoms. The minimum Gasteiger partial charge on any atom is -0.491 e. The minimum absolute atomic E-state index is 0.151. The lowest BCUT2D eigenvalue weighted by Crippen LogP contribution is -2.46. The summed E-state index contributed by atoms with van der Waals surface area (Å²) in [4.78, 5) is 21.2. The fraction of sp³-hybridized carbons (Fsp3) is 0.333. The maximum atomic E-state index is 12.4. The van der Waals surface area contributed by atoms with Crippen molar-refractivity contribution in [3.63, 3.8) is 0 Å². The lowest BCUT2D eigenvalue weighted by Gasteiger charge is -2.37. The first-order valence-electron chi connectivity index (χ1n) is 15.3. The monoisotopic (exact) mass is 676 g/mol. The molecule has 0 bridgehead atoms. The lowest BCUT2D eigenvalue weighted by atomic mass is 10.1. The van der Waals surface area contributed by atoms with Crippen LogP contribution < -0.4 is 20.2 Å². The molecule has 0 unspecified atom stereocenters. The zero-order valence-electron chi connectivity index (χ0n) is 26.0. The van der Waals surface area contributed by atoms with E-state index in [2.05, 4.69) is 49.2 Å². The summed E-state index contributed by atoms with van der Waals surface area (Å²) in [7, 11) is 1.66. The van der Waals surface area contributed by atoms with Crippen molar-refractivity contribution >= 4 is 34.6 Å². The quantitative estimate of drug-likeness (QED) is 0.224. The second kappa shape index (κ2) is 13.0. The zero-order valence-corrected chi connectivity index (χ0v) is 27.5. The van der Waals surface area contributed by atoms with Crippen LogP contribution >= 0.6 is 23.2 Å². The van der Waals surface area contributed by atoms with Gasteiger partial charge < -0.3 is 24.0 Å². The highest BCUT2D eigenvalue weighted by Crippen LogP contribution is 2.40. The van der Waals surface area contributed by atoms with Gasteiger partial charge in [-0.25, -0.2) is 23.7 Å². The third-order valence-electron chi connectivity index (χ3n) is 8.51. The van der Waals surface area contributed by atoms with Crippen LogP contribution in [0.4, 0.5) is 11.4 Å². The van der Waals surface area contributed by atoms with Gasteiger partial charge in [0.15, 0.2) is 0 Å². The molecule has 4 heterocycles. The molecule has 47 heavy (non-hydrogen) atoms. The Kier molecular flexibility index (Phi) is 8.67. The summed E-state index contributed by atoms with van der Waals surface area (Å²) < 4.78 is 23.5. The number of benzene rings is 3. The number of aromatic nitrogens is 6. The van der Waals surface area contributed by atoms with E-state index in [0.29, 0.717) is 34.6 Å². The summed E-state index contributed by atoms with van der Waals surface area (Å²) in [5.41, 5.74) is 3.60. The third-order valence-corrected chi connectivity index (χ3v) is 9.06. The van der Waals surface area contributed by atoms with Crippen molar-refractivity contribution in [1.82, 2.24) is 29.1 Å². The van der Waals surface area contributed by atoms with Crippen LogP contribution in [0.3, 0.4) is 0 Å². The van der Waals surface area contributed by atoms with E-state index in [4.69, 9.17) is 37.4 Å². The summed E-state index contributed by atoms with van der Waals surface area (Å²) in [5, 5.41) is 9.42. The molecule has 2 aliphatic rings. The van der Waals surface area contributed by atoms with Crippen molar-refractivity contribution in [1.29, 1.82) is 0 Å². The molecule has 2 saturated heterocycles. The van der Waals surface area contributed by atoms with Gasteiger partial charge in [-0.2, -0.15) is 10.2 Å². The predicted molar refractivity (Wildman–Crippen MR) is 179 cm³/mol. The van der Waals surface area contributed by atoms with Gasteiger partial charge in [-0.15, -0.1) is 0 Å². The predicted octanol–water partition coefficient (Wildman–Crippen LogP) is 4.45. The topological polar surface area (TPSA) is 105 Å². The van der Waals surface area contributed by atoms with Crippen LogP contribution in [0.5, 0.6) is 5.75 Å². The van der Waals surface area contributed by atoms with E-state index >= 15 is 0 Å². The first-order valence-corrected chi connectivity index (χ1v) is 16.1. The second-order valence-electron chi connectivity index (χ2n) is 11.6. The number of hydrogen-bond donors (Lipinski definition) is 0. The van der Waals surface area contributed by atoms with Gasteiger partial charge in [-0.3, -0.25) is 0 Å². The van der Waals surface area contributed by atoms with Gasteiger partial charge in [0, 0.05) is 55.2 Å². The van der Waals surface area contributed by atoms with E-state index in [-0.39, 0.29) is 18.3 Å². The SMILES string of the molecule is Cc1nn(C)c(=O)n1-c1ccc(N2CCN(c3ccc(OC[C@@H]4CO[C@@](Cn5cncn5)(c5ccc(Cl)cc5Cl)O4)cc3)CC2)cc1. The van der Waals surface area contributed by atoms with Crippen LogP contribution in [-0.4, -0.2) is 74.6 Å². The zero-order chi connectivity index (χ0) is 32.5. The van der Waals surface area contributed by atoms with Gasteiger partial charge in [0.2, 0.25) is 5.79 Å². The third kappa shape index (κ3) is 6.46. The van der Waals surface area contributed by atoms with Crippen molar-refractivity contribution < 1.29 is 14.2 Å². The summed E-state index contributed by atoms with van der Waals surface area (Å²) in [5.74, 6) is 0.254. The number of hydrogen-bond acceptors (Lipinski definition) is 9. The summed E-state index contributed by atoms with van der Waals surface area (Å²) in [6, 6.07) is 21.5. The second-order valence-corrected chi connectivity index (χ2v) is 12.4. The number of nitrogens with zero attached hydrogens (tertiary/aromatic N) is 8. The van der Waals surface area contributed by atoms with Crippen LogP contribution in [0.2, 0.25) is 10.0 Å². The van der Waals surface area contributed by atoms with Crippen LogP contribution in [0.15, 0.2) is 84.2 Å². The molecular formula is C33H34Cl2N8O4. The largest absolute Gasteiger partial charge is 0.491 e. The number of halogens is 2. The van der Waals surface area contributed by atoms with E-state index < -0.39 is 5.79 Å². The fourth-order valence-corrected chi connectivity index (χ4v) is 6.70. The van der Waals surface area contributed by atoms with Crippen molar-refractivity contribution in [2.24, 2.45) is 7.05 Å². The van der Waals surface area contributed by atoms with Gasteiger partial charge in [-0.05, 0) is 67.6 Å². The molecule has 0 amide bonds. The fourth-order valence-electron chi connectivity index (χ4n) is 6.15. The average Bonchev–Trinajstić information content (AvgIpc) is 3.80. The first-order chi connectivity index (χ1) is 22.8. The Morgan fingerprint density at radius 2 is 1.60 bits per heavy atom. The van der Waals surface area contributed by atoms with Crippen molar-refractivity contribution in [2.45, 2.75) is 25.4 Å². The van der Waals surface area contributed by atoms with Crippen molar-refractivity contribution in [3.8, 4) is 11.4 Å². The molecule has 3 aromatic carbocycles. The van der Waals surface area contributed by atoms with E-state index in [1.165, 1.54) is 11.0 Å². The molecule has 2 aromatic heterocycles. The molecule has 2 fully saturated rings. The van der Waals surface area contributed by atoms with Gasteiger partial charge >= 0.3 is 5.69 Å². The maximum Gasteiger partial charge on any atom is 0.350 e. The molecule has 0 saturated carbocycles. The van der Waals surface area contributed by atoms with E-state index in [0.717, 1.165) is 49.0 Å². The highest BCUT2D eigenvalue weighted by molar-refractivity contribution is 6.35. The molecule has 0 aliphatic carbocycles. The molecule has 7 rings (SSSR count). The number of aryl methyl sites for hydroxylation is 2. The minimum atomic E-state index is -1.16. The highest BCUT2D eigenvalue weighted by atomic mass is 35.5. The van der Waals surface area contributed by atoms with Crippen molar-refractivity contribution in [3.05, 3.63) is 111 Å². The smallest absolute Gasteiger partial charge is 0.350 e. The van der Waals surface area contributed by atoms with E-state index in [9.17, 15) is 4.79 Å². The molecule has 5 aromatic rings. The number of rotatable bonds is 9. The van der Waals surface area contributed by atoms with Gasteiger partial charge in [0.1, 0.15) is 43.5 Å². The van der Waals surface area contributed by atoms with E-state index in [1.807, 2.05) is 37.3 Å². The Labute approximate surface area is 281 Å².